The third-order valence-electron chi connectivity index (χ3n) is 4.74. The van der Waals surface area contributed by atoms with Gasteiger partial charge in [0.05, 0.1) is 24.2 Å². The van der Waals surface area contributed by atoms with Crippen LogP contribution in [-0.2, 0) is 14.8 Å². The molecular weight excluding hydrogens is 508 g/mol. The summed E-state index contributed by atoms with van der Waals surface area (Å²) in [4.78, 5) is 12.8. The highest BCUT2D eigenvalue weighted by atomic mass is 79.9. The highest BCUT2D eigenvalue weighted by Crippen LogP contribution is 2.27. The van der Waals surface area contributed by atoms with Gasteiger partial charge in [0, 0.05) is 4.47 Å². The quantitative estimate of drug-likeness (QED) is 0.396. The van der Waals surface area contributed by atoms with Gasteiger partial charge < -0.3 is 14.8 Å². The number of amides is 1. The molecule has 0 saturated carbocycles. The summed E-state index contributed by atoms with van der Waals surface area (Å²) >= 11 is 3.37. The maximum absolute atomic E-state index is 13.4. The maximum Gasteiger partial charge on any atom is 0.264 e. The Labute approximate surface area is 202 Å². The van der Waals surface area contributed by atoms with Gasteiger partial charge in [-0.15, -0.1) is 0 Å². The number of nitrogens with zero attached hydrogens (tertiary/aromatic N) is 1. The van der Waals surface area contributed by atoms with Gasteiger partial charge in [-0.25, -0.2) is 8.42 Å². The number of nitrogens with one attached hydrogen (secondary N) is 1. The van der Waals surface area contributed by atoms with Crippen molar-refractivity contribution in [2.75, 3.05) is 31.1 Å². The normalized spacial score (nSPS) is 11.0. The van der Waals surface area contributed by atoms with E-state index >= 15 is 0 Å². The van der Waals surface area contributed by atoms with Gasteiger partial charge in [0.25, 0.3) is 10.0 Å². The number of hydrogen-bond acceptors (Lipinski definition) is 5. The number of methoxy groups -OCH3 is 1. The van der Waals surface area contributed by atoms with E-state index in [-0.39, 0.29) is 24.6 Å². The molecule has 0 aliphatic carbocycles. The van der Waals surface area contributed by atoms with Crippen molar-refractivity contribution in [2.24, 2.45) is 0 Å². The molecule has 174 valence electrons. The number of hydrogen-bond donors (Lipinski definition) is 1. The molecule has 0 aliphatic rings. The lowest BCUT2D eigenvalue weighted by Gasteiger charge is -2.24. The summed E-state index contributed by atoms with van der Waals surface area (Å²) in [5, 5.41) is 2.72. The van der Waals surface area contributed by atoms with Crippen molar-refractivity contribution in [2.45, 2.75) is 11.8 Å². The van der Waals surface area contributed by atoms with Crippen molar-refractivity contribution in [1.82, 2.24) is 5.32 Å². The van der Waals surface area contributed by atoms with E-state index in [4.69, 9.17) is 9.47 Å². The predicted octanol–water partition coefficient (Wildman–Crippen LogP) is 4.16. The van der Waals surface area contributed by atoms with Crippen LogP contribution in [-0.4, -0.2) is 41.1 Å². The van der Waals surface area contributed by atoms with Gasteiger partial charge in [-0.05, 0) is 49.4 Å². The highest BCUT2D eigenvalue weighted by Gasteiger charge is 2.27. The Hall–Kier alpha value is -3.04. The SMILES string of the molecule is COc1ccccc1OCCNC(=O)CN(c1cccc(Br)c1)S(=O)(=O)c1ccc(C)cc1. The van der Waals surface area contributed by atoms with Crippen molar-refractivity contribution < 1.29 is 22.7 Å². The van der Waals surface area contributed by atoms with E-state index in [1.54, 1.807) is 55.6 Å². The number of sulfonamides is 1. The molecule has 3 aromatic carbocycles. The molecule has 0 aliphatic heterocycles. The summed E-state index contributed by atoms with van der Waals surface area (Å²) in [6.45, 7) is 1.91. The van der Waals surface area contributed by atoms with Crippen LogP contribution >= 0.6 is 15.9 Å². The summed E-state index contributed by atoms with van der Waals surface area (Å²) in [6, 6.07) is 20.5. The molecule has 1 amide bonds. The first-order valence-electron chi connectivity index (χ1n) is 10.2. The molecule has 0 radical (unpaired) electrons. The molecule has 0 aromatic heterocycles. The molecule has 9 heteroatoms. The lowest BCUT2D eigenvalue weighted by Crippen LogP contribution is -2.41. The van der Waals surface area contributed by atoms with Crippen LogP contribution in [0.15, 0.2) is 82.2 Å². The molecule has 7 nitrogen and oxygen atoms in total. The number of carbonyl (C=O) groups is 1. The number of aryl methyl sites for hydroxylation is 1. The summed E-state index contributed by atoms with van der Waals surface area (Å²) < 4.78 is 39.4. The van der Waals surface area contributed by atoms with Crippen LogP contribution in [0.3, 0.4) is 0 Å². The average molecular weight is 533 g/mol. The molecule has 0 heterocycles. The second-order valence-electron chi connectivity index (χ2n) is 7.15. The minimum absolute atomic E-state index is 0.111. The molecule has 0 saturated heterocycles. The Bertz CT molecular complexity index is 1200. The van der Waals surface area contributed by atoms with Crippen molar-refractivity contribution >= 4 is 37.5 Å². The maximum atomic E-state index is 13.4. The van der Waals surface area contributed by atoms with Crippen LogP contribution in [0.25, 0.3) is 0 Å². The van der Waals surface area contributed by atoms with Gasteiger partial charge in [0.15, 0.2) is 11.5 Å². The number of carbonyl (C=O) groups excluding carboxylic acids is 1. The van der Waals surface area contributed by atoms with Gasteiger partial charge in [0.1, 0.15) is 13.2 Å². The van der Waals surface area contributed by atoms with E-state index < -0.39 is 15.9 Å². The summed E-state index contributed by atoms with van der Waals surface area (Å²) in [5.41, 5.74) is 1.32. The number of ether oxygens (including phenoxy) is 2. The van der Waals surface area contributed by atoms with E-state index in [1.807, 2.05) is 19.1 Å². The minimum Gasteiger partial charge on any atom is -0.493 e. The number of benzene rings is 3. The van der Waals surface area contributed by atoms with Crippen LogP contribution in [0.5, 0.6) is 11.5 Å². The summed E-state index contributed by atoms with van der Waals surface area (Å²) in [5.74, 6) is 0.704. The average Bonchev–Trinajstić information content (AvgIpc) is 2.80. The van der Waals surface area contributed by atoms with E-state index in [0.29, 0.717) is 21.7 Å². The minimum atomic E-state index is -3.96. The lowest BCUT2D eigenvalue weighted by molar-refractivity contribution is -0.119. The number of halogens is 1. The summed E-state index contributed by atoms with van der Waals surface area (Å²) in [7, 11) is -2.41. The molecular formula is C24H25BrN2O5S. The van der Waals surface area contributed by atoms with Gasteiger partial charge in [-0.2, -0.15) is 0 Å². The molecule has 3 aromatic rings. The largest absolute Gasteiger partial charge is 0.493 e. The van der Waals surface area contributed by atoms with Crippen molar-refractivity contribution in [3.05, 3.63) is 82.8 Å². The molecule has 3 rings (SSSR count). The number of rotatable bonds is 10. The van der Waals surface area contributed by atoms with Crippen molar-refractivity contribution in [3.63, 3.8) is 0 Å². The molecule has 0 spiro atoms. The molecule has 0 unspecified atom stereocenters. The third-order valence-corrected chi connectivity index (χ3v) is 7.02. The second-order valence-corrected chi connectivity index (χ2v) is 9.93. The zero-order valence-corrected chi connectivity index (χ0v) is 20.7. The second kappa shape index (κ2) is 11.2. The molecule has 33 heavy (non-hydrogen) atoms. The first-order valence-corrected chi connectivity index (χ1v) is 12.4. The standard InChI is InChI=1S/C24H25BrN2O5S/c1-18-10-12-21(13-11-18)33(29,30)27(20-7-5-6-19(25)16-20)17-24(28)26-14-15-32-23-9-4-3-8-22(23)31-2/h3-13,16H,14-15,17H2,1-2H3,(H,26,28). The predicted molar refractivity (Wildman–Crippen MR) is 131 cm³/mol. The van der Waals surface area contributed by atoms with E-state index in [9.17, 15) is 13.2 Å². The van der Waals surface area contributed by atoms with E-state index in [2.05, 4.69) is 21.2 Å². The van der Waals surface area contributed by atoms with Gasteiger partial charge >= 0.3 is 0 Å². The first-order chi connectivity index (χ1) is 15.8. The molecule has 0 atom stereocenters. The van der Waals surface area contributed by atoms with Crippen LogP contribution in [0.2, 0.25) is 0 Å². The van der Waals surface area contributed by atoms with E-state index in [0.717, 1.165) is 9.87 Å². The van der Waals surface area contributed by atoms with Gasteiger partial charge in [-0.1, -0.05) is 51.8 Å². The Balaban J connectivity index is 1.71. The van der Waals surface area contributed by atoms with Crippen molar-refractivity contribution in [3.8, 4) is 11.5 Å². The monoisotopic (exact) mass is 532 g/mol. The number of anilines is 1. The van der Waals surface area contributed by atoms with Crippen molar-refractivity contribution in [1.29, 1.82) is 0 Å². The Morgan fingerprint density at radius 3 is 2.36 bits per heavy atom. The fourth-order valence-corrected chi connectivity index (χ4v) is 4.86. The Kier molecular flexibility index (Phi) is 8.35. The molecule has 1 N–H and O–H groups in total. The van der Waals surface area contributed by atoms with Crippen LogP contribution in [0, 0.1) is 6.92 Å². The zero-order chi connectivity index (χ0) is 23.8. The first kappa shape index (κ1) is 24.6. The lowest BCUT2D eigenvalue weighted by atomic mass is 10.2. The Morgan fingerprint density at radius 1 is 1.00 bits per heavy atom. The smallest absolute Gasteiger partial charge is 0.264 e. The summed E-state index contributed by atoms with van der Waals surface area (Å²) in [6.07, 6.45) is 0. The highest BCUT2D eigenvalue weighted by molar-refractivity contribution is 9.10. The van der Waals surface area contributed by atoms with Crippen LogP contribution in [0.1, 0.15) is 5.56 Å². The number of para-hydroxylation sites is 2. The Morgan fingerprint density at radius 2 is 1.70 bits per heavy atom. The zero-order valence-electron chi connectivity index (χ0n) is 18.3. The van der Waals surface area contributed by atoms with Crippen LogP contribution in [0.4, 0.5) is 5.69 Å². The van der Waals surface area contributed by atoms with Crippen LogP contribution < -0.4 is 19.1 Å². The molecule has 0 fully saturated rings. The van der Waals surface area contributed by atoms with E-state index in [1.165, 1.54) is 12.1 Å². The molecule has 0 bridgehead atoms. The topological polar surface area (TPSA) is 84.9 Å². The fraction of sp³-hybridized carbons (Fsp3) is 0.208. The van der Waals surface area contributed by atoms with Gasteiger partial charge in [-0.3, -0.25) is 9.10 Å². The fourth-order valence-electron chi connectivity index (χ4n) is 3.06. The van der Waals surface area contributed by atoms with Gasteiger partial charge in [0.2, 0.25) is 5.91 Å². The third kappa shape index (κ3) is 6.49.